The summed E-state index contributed by atoms with van der Waals surface area (Å²) in [6, 6.07) is -0.568. The first-order valence-electron chi connectivity index (χ1n) is 6.59. The predicted octanol–water partition coefficient (Wildman–Crippen LogP) is 0.675. The number of ether oxygens (including phenoxy) is 1. The highest BCUT2D eigenvalue weighted by molar-refractivity contribution is 5.86. The van der Waals surface area contributed by atoms with Gasteiger partial charge in [-0.15, -0.1) is 0 Å². The van der Waals surface area contributed by atoms with Crippen LogP contribution in [0, 0.1) is 17.8 Å². The fourth-order valence-electron chi connectivity index (χ4n) is 2.55. The largest absolute Gasteiger partial charge is 0.467 e. The molecule has 0 aromatic rings. The number of nitrogens with two attached hydrogens (primary N) is 1. The Morgan fingerprint density at radius 3 is 2.56 bits per heavy atom. The highest BCUT2D eigenvalue weighted by atomic mass is 16.5. The third kappa shape index (κ3) is 3.45. The van der Waals surface area contributed by atoms with Gasteiger partial charge in [-0.3, -0.25) is 4.79 Å². The Bertz CT molecular complexity index is 305. The summed E-state index contributed by atoms with van der Waals surface area (Å²) in [5.74, 6) is -0.247. The third-order valence-electron chi connectivity index (χ3n) is 3.72. The minimum atomic E-state index is -0.568. The summed E-state index contributed by atoms with van der Waals surface area (Å²) in [4.78, 5) is 23.8. The Balaban J connectivity index is 2.63. The van der Waals surface area contributed by atoms with Crippen LogP contribution in [0.25, 0.3) is 0 Å². The topological polar surface area (TPSA) is 81.4 Å². The van der Waals surface area contributed by atoms with E-state index >= 15 is 0 Å². The molecule has 3 N–H and O–H groups in total. The van der Waals surface area contributed by atoms with Crippen LogP contribution in [0.3, 0.4) is 0 Å². The molecule has 5 heteroatoms. The molecular formula is C13H24N2O3. The molecule has 1 aliphatic rings. The van der Waals surface area contributed by atoms with Gasteiger partial charge in [-0.25, -0.2) is 4.79 Å². The quantitative estimate of drug-likeness (QED) is 0.709. The average Bonchev–Trinajstić information content (AvgIpc) is 2.82. The van der Waals surface area contributed by atoms with Gasteiger partial charge in [0, 0.05) is 5.92 Å². The van der Waals surface area contributed by atoms with Crippen LogP contribution in [0.15, 0.2) is 0 Å². The van der Waals surface area contributed by atoms with E-state index in [0.717, 1.165) is 19.3 Å². The summed E-state index contributed by atoms with van der Waals surface area (Å²) in [6.07, 6.45) is 2.89. The normalized spacial score (nSPS) is 24.9. The van der Waals surface area contributed by atoms with Gasteiger partial charge < -0.3 is 15.8 Å². The highest BCUT2D eigenvalue weighted by Crippen LogP contribution is 2.31. The van der Waals surface area contributed by atoms with E-state index in [0.29, 0.717) is 6.54 Å². The van der Waals surface area contributed by atoms with Gasteiger partial charge in [-0.05, 0) is 31.2 Å². The summed E-state index contributed by atoms with van der Waals surface area (Å²) in [5, 5.41) is 2.80. The fourth-order valence-corrected chi connectivity index (χ4v) is 2.55. The molecule has 1 amide bonds. The van der Waals surface area contributed by atoms with Crippen molar-refractivity contribution in [3.05, 3.63) is 0 Å². The van der Waals surface area contributed by atoms with Crippen molar-refractivity contribution in [2.45, 2.75) is 39.2 Å². The van der Waals surface area contributed by atoms with Crippen LogP contribution in [0.4, 0.5) is 0 Å². The number of methoxy groups -OCH3 is 1. The van der Waals surface area contributed by atoms with Crippen molar-refractivity contribution in [3.8, 4) is 0 Å². The van der Waals surface area contributed by atoms with E-state index < -0.39 is 6.04 Å². The number of amides is 1. The SMILES string of the molecule is COC(=O)C(NC(=O)C1CCCC1CN)C(C)C. The van der Waals surface area contributed by atoms with Crippen molar-refractivity contribution < 1.29 is 14.3 Å². The van der Waals surface area contributed by atoms with E-state index in [1.807, 2.05) is 13.8 Å². The van der Waals surface area contributed by atoms with Crippen molar-refractivity contribution in [2.75, 3.05) is 13.7 Å². The molecule has 1 fully saturated rings. The molecule has 104 valence electrons. The minimum Gasteiger partial charge on any atom is -0.467 e. The van der Waals surface area contributed by atoms with Crippen LogP contribution in [0.2, 0.25) is 0 Å². The Labute approximate surface area is 108 Å². The molecule has 0 saturated heterocycles. The average molecular weight is 256 g/mol. The summed E-state index contributed by atoms with van der Waals surface area (Å²) in [5.41, 5.74) is 5.67. The van der Waals surface area contributed by atoms with E-state index in [9.17, 15) is 9.59 Å². The molecule has 3 unspecified atom stereocenters. The first-order chi connectivity index (χ1) is 8.51. The Kier molecular flexibility index (Phi) is 5.59. The number of nitrogens with one attached hydrogen (secondary N) is 1. The first-order valence-corrected chi connectivity index (χ1v) is 6.59. The molecule has 0 aromatic carbocycles. The van der Waals surface area contributed by atoms with Crippen molar-refractivity contribution in [1.29, 1.82) is 0 Å². The lowest BCUT2D eigenvalue weighted by Gasteiger charge is -2.24. The fraction of sp³-hybridized carbons (Fsp3) is 0.846. The van der Waals surface area contributed by atoms with Gasteiger partial charge in [-0.1, -0.05) is 20.3 Å². The van der Waals surface area contributed by atoms with Gasteiger partial charge in [0.15, 0.2) is 0 Å². The number of rotatable bonds is 5. The summed E-state index contributed by atoms with van der Waals surface area (Å²) >= 11 is 0. The van der Waals surface area contributed by atoms with E-state index in [4.69, 9.17) is 10.5 Å². The summed E-state index contributed by atoms with van der Waals surface area (Å²) < 4.78 is 4.71. The maximum Gasteiger partial charge on any atom is 0.328 e. The van der Waals surface area contributed by atoms with Gasteiger partial charge in [-0.2, -0.15) is 0 Å². The molecular weight excluding hydrogens is 232 g/mol. The van der Waals surface area contributed by atoms with E-state index in [1.54, 1.807) is 0 Å². The van der Waals surface area contributed by atoms with Gasteiger partial charge in [0.1, 0.15) is 6.04 Å². The minimum absolute atomic E-state index is 0.0131. The van der Waals surface area contributed by atoms with Crippen LogP contribution in [-0.4, -0.2) is 31.6 Å². The summed E-state index contributed by atoms with van der Waals surface area (Å²) in [6.45, 7) is 4.30. The second-order valence-electron chi connectivity index (χ2n) is 5.29. The van der Waals surface area contributed by atoms with E-state index in [2.05, 4.69) is 5.32 Å². The van der Waals surface area contributed by atoms with Crippen LogP contribution in [0.1, 0.15) is 33.1 Å². The lowest BCUT2D eigenvalue weighted by Crippen LogP contribution is -2.48. The van der Waals surface area contributed by atoms with Crippen LogP contribution in [-0.2, 0) is 14.3 Å². The molecule has 3 atom stereocenters. The van der Waals surface area contributed by atoms with Crippen LogP contribution < -0.4 is 11.1 Å². The van der Waals surface area contributed by atoms with Crippen molar-refractivity contribution >= 4 is 11.9 Å². The number of hydrogen-bond donors (Lipinski definition) is 2. The number of esters is 1. The Morgan fingerprint density at radius 1 is 1.39 bits per heavy atom. The molecule has 1 saturated carbocycles. The maximum atomic E-state index is 12.2. The zero-order valence-corrected chi connectivity index (χ0v) is 11.4. The molecule has 0 spiro atoms. The number of hydrogen-bond acceptors (Lipinski definition) is 4. The second kappa shape index (κ2) is 6.73. The molecule has 0 heterocycles. The van der Waals surface area contributed by atoms with Gasteiger partial charge in [0.2, 0.25) is 5.91 Å². The lowest BCUT2D eigenvalue weighted by atomic mass is 9.94. The number of carbonyl (C=O) groups is 2. The monoisotopic (exact) mass is 256 g/mol. The van der Waals surface area contributed by atoms with Gasteiger partial charge in [0.25, 0.3) is 0 Å². The zero-order chi connectivity index (χ0) is 13.7. The molecule has 0 aliphatic heterocycles. The lowest BCUT2D eigenvalue weighted by molar-refractivity contribution is -0.147. The van der Waals surface area contributed by atoms with Crippen molar-refractivity contribution in [3.63, 3.8) is 0 Å². The Hall–Kier alpha value is -1.10. The maximum absolute atomic E-state index is 12.2. The van der Waals surface area contributed by atoms with Crippen molar-refractivity contribution in [2.24, 2.45) is 23.5 Å². The second-order valence-corrected chi connectivity index (χ2v) is 5.29. The van der Waals surface area contributed by atoms with Gasteiger partial charge in [0.05, 0.1) is 7.11 Å². The molecule has 0 bridgehead atoms. The zero-order valence-electron chi connectivity index (χ0n) is 11.4. The number of carbonyl (C=O) groups excluding carboxylic acids is 2. The molecule has 0 aromatic heterocycles. The predicted molar refractivity (Wildman–Crippen MR) is 68.7 cm³/mol. The molecule has 1 aliphatic carbocycles. The van der Waals surface area contributed by atoms with E-state index in [1.165, 1.54) is 7.11 Å². The molecule has 0 radical (unpaired) electrons. The molecule has 1 rings (SSSR count). The van der Waals surface area contributed by atoms with Crippen LogP contribution in [0.5, 0.6) is 0 Å². The Morgan fingerprint density at radius 2 is 2.06 bits per heavy atom. The molecule has 5 nitrogen and oxygen atoms in total. The summed E-state index contributed by atoms with van der Waals surface area (Å²) in [7, 11) is 1.34. The van der Waals surface area contributed by atoms with Gasteiger partial charge >= 0.3 is 5.97 Å². The van der Waals surface area contributed by atoms with E-state index in [-0.39, 0.29) is 29.6 Å². The standard InChI is InChI=1S/C13H24N2O3/c1-8(2)11(13(17)18-3)15-12(16)10-6-4-5-9(10)7-14/h8-11H,4-7,14H2,1-3H3,(H,15,16). The van der Waals surface area contributed by atoms with Crippen molar-refractivity contribution in [1.82, 2.24) is 5.32 Å². The smallest absolute Gasteiger partial charge is 0.328 e. The third-order valence-corrected chi connectivity index (χ3v) is 3.72. The highest BCUT2D eigenvalue weighted by Gasteiger charge is 2.34. The van der Waals surface area contributed by atoms with Crippen LogP contribution >= 0.6 is 0 Å². The molecule has 18 heavy (non-hydrogen) atoms. The first kappa shape index (κ1) is 15.0.